The Labute approximate surface area is 138 Å². The summed E-state index contributed by atoms with van der Waals surface area (Å²) in [6.07, 6.45) is 11.4. The summed E-state index contributed by atoms with van der Waals surface area (Å²) in [5.41, 5.74) is 5.29. The Morgan fingerprint density at radius 3 is 2.91 bits per heavy atom. The topological polar surface area (TPSA) is 15.6 Å². The molecule has 118 valence electrons. The number of benzene rings is 1. The fourth-order valence-electron chi connectivity index (χ4n) is 4.32. The summed E-state index contributed by atoms with van der Waals surface area (Å²) in [5, 5.41) is 0. The van der Waals surface area contributed by atoms with Crippen LogP contribution in [0.4, 0.5) is 0 Å². The Balaban J connectivity index is 1.62. The van der Waals surface area contributed by atoms with Gasteiger partial charge in [0.25, 0.3) is 0 Å². The lowest BCUT2D eigenvalue weighted by Crippen LogP contribution is -2.49. The molecule has 1 aromatic rings. The van der Waals surface area contributed by atoms with Gasteiger partial charge >= 0.3 is 0 Å². The number of aliphatic imine (C=N–C) groups is 1. The van der Waals surface area contributed by atoms with Crippen LogP contribution in [0.25, 0.3) is 0 Å². The Morgan fingerprint density at radius 2 is 2.09 bits per heavy atom. The molecule has 2 nitrogen and oxygen atoms in total. The fraction of sp³-hybridized carbons (Fsp3) is 0.381. The van der Waals surface area contributed by atoms with Gasteiger partial charge in [0.15, 0.2) is 0 Å². The zero-order valence-electron chi connectivity index (χ0n) is 14.0. The van der Waals surface area contributed by atoms with E-state index in [0.29, 0.717) is 5.92 Å². The third kappa shape index (κ3) is 2.28. The van der Waals surface area contributed by atoms with E-state index >= 15 is 0 Å². The molecule has 0 aromatic heterocycles. The van der Waals surface area contributed by atoms with Crippen LogP contribution in [0.1, 0.15) is 25.8 Å². The monoisotopic (exact) mass is 304 g/mol. The van der Waals surface area contributed by atoms with Gasteiger partial charge in [-0.3, -0.25) is 4.99 Å². The molecule has 1 saturated heterocycles. The van der Waals surface area contributed by atoms with Crippen LogP contribution in [-0.4, -0.2) is 23.7 Å². The normalized spacial score (nSPS) is 28.7. The van der Waals surface area contributed by atoms with Gasteiger partial charge in [-0.15, -0.1) is 0 Å². The lowest BCUT2D eigenvalue weighted by Gasteiger charge is -2.48. The Hall–Kier alpha value is -2.09. The van der Waals surface area contributed by atoms with E-state index in [-0.39, 0.29) is 5.41 Å². The van der Waals surface area contributed by atoms with Gasteiger partial charge in [0.1, 0.15) is 0 Å². The van der Waals surface area contributed by atoms with Gasteiger partial charge in [0, 0.05) is 24.5 Å². The minimum absolute atomic E-state index is 0.0216. The predicted molar refractivity (Wildman–Crippen MR) is 96.3 cm³/mol. The molecule has 1 aliphatic carbocycles. The summed E-state index contributed by atoms with van der Waals surface area (Å²) in [4.78, 5) is 7.40. The highest BCUT2D eigenvalue weighted by Gasteiger charge is 2.49. The molecule has 2 atom stereocenters. The zero-order valence-corrected chi connectivity index (χ0v) is 14.0. The summed E-state index contributed by atoms with van der Waals surface area (Å²) in [7, 11) is 0. The van der Waals surface area contributed by atoms with Gasteiger partial charge in [0.05, 0.1) is 11.1 Å². The molecule has 0 saturated carbocycles. The van der Waals surface area contributed by atoms with Gasteiger partial charge in [-0.25, -0.2) is 0 Å². The van der Waals surface area contributed by atoms with Gasteiger partial charge in [-0.1, -0.05) is 43.3 Å². The highest BCUT2D eigenvalue weighted by molar-refractivity contribution is 6.07. The van der Waals surface area contributed by atoms with Crippen LogP contribution >= 0.6 is 0 Å². The standard InChI is InChI=1S/C21H24N2/c1-16-11-13-23(14-12-18-7-4-3-5-8-18)20-10-6-9-19-21(16,20)15-17(2)22-19/h3-10,15-16H,11-14H2,1-2H3. The van der Waals surface area contributed by atoms with E-state index in [0.717, 1.165) is 25.2 Å². The fourth-order valence-corrected chi connectivity index (χ4v) is 4.32. The second kappa shape index (κ2) is 5.52. The molecule has 0 N–H and O–H groups in total. The van der Waals surface area contributed by atoms with Crippen molar-refractivity contribution in [1.29, 1.82) is 0 Å². The van der Waals surface area contributed by atoms with E-state index in [2.05, 4.69) is 73.4 Å². The summed E-state index contributed by atoms with van der Waals surface area (Å²) in [6, 6.07) is 10.8. The number of likely N-dealkylation sites (tertiary alicyclic amines) is 1. The smallest absolute Gasteiger partial charge is 0.0750 e. The minimum Gasteiger partial charge on any atom is -0.373 e. The van der Waals surface area contributed by atoms with E-state index in [1.807, 2.05) is 0 Å². The molecule has 0 bridgehead atoms. The lowest BCUT2D eigenvalue weighted by molar-refractivity contribution is 0.183. The van der Waals surface area contributed by atoms with Crippen LogP contribution in [0.5, 0.6) is 0 Å². The molecular weight excluding hydrogens is 280 g/mol. The Kier molecular flexibility index (Phi) is 3.48. The SMILES string of the molecule is CC1=CC23C(=CC=CC2=N1)N(CCc1ccccc1)CCC3C. The first kappa shape index (κ1) is 14.5. The predicted octanol–water partition coefficient (Wildman–Crippen LogP) is 4.37. The van der Waals surface area contributed by atoms with Crippen molar-refractivity contribution in [2.24, 2.45) is 16.3 Å². The molecule has 1 spiro atoms. The van der Waals surface area contributed by atoms with E-state index < -0.39 is 0 Å². The average Bonchev–Trinajstić information content (AvgIpc) is 2.92. The van der Waals surface area contributed by atoms with Crippen LogP contribution in [0.2, 0.25) is 0 Å². The number of piperidine rings is 1. The van der Waals surface area contributed by atoms with E-state index in [9.17, 15) is 0 Å². The maximum atomic E-state index is 4.81. The highest BCUT2D eigenvalue weighted by atomic mass is 15.2. The maximum Gasteiger partial charge on any atom is 0.0750 e. The summed E-state index contributed by atoms with van der Waals surface area (Å²) in [5.74, 6) is 0.614. The summed E-state index contributed by atoms with van der Waals surface area (Å²) < 4.78 is 0. The maximum absolute atomic E-state index is 4.81. The van der Waals surface area contributed by atoms with Crippen molar-refractivity contribution in [3.8, 4) is 0 Å². The third-order valence-electron chi connectivity index (χ3n) is 5.55. The molecule has 1 aromatic carbocycles. The molecule has 2 aliphatic heterocycles. The Morgan fingerprint density at radius 1 is 1.26 bits per heavy atom. The van der Waals surface area contributed by atoms with Crippen LogP contribution in [0, 0.1) is 11.3 Å². The molecule has 2 heterocycles. The summed E-state index contributed by atoms with van der Waals surface area (Å²) >= 11 is 0. The molecule has 23 heavy (non-hydrogen) atoms. The Bertz CT molecular complexity index is 723. The number of allylic oxidation sites excluding steroid dienone is 5. The molecule has 0 radical (unpaired) electrons. The van der Waals surface area contributed by atoms with E-state index in [4.69, 9.17) is 4.99 Å². The molecular formula is C21H24N2. The second-order valence-electron chi connectivity index (χ2n) is 6.98. The van der Waals surface area contributed by atoms with Gasteiger partial charge < -0.3 is 4.90 Å². The first-order valence-electron chi connectivity index (χ1n) is 8.66. The highest BCUT2D eigenvalue weighted by Crippen LogP contribution is 2.50. The number of hydrogen-bond acceptors (Lipinski definition) is 2. The van der Waals surface area contributed by atoms with Gasteiger partial charge in [-0.2, -0.15) is 0 Å². The van der Waals surface area contributed by atoms with Crippen molar-refractivity contribution in [1.82, 2.24) is 4.90 Å². The van der Waals surface area contributed by atoms with Crippen molar-refractivity contribution in [2.75, 3.05) is 13.1 Å². The lowest BCUT2D eigenvalue weighted by atomic mass is 9.65. The van der Waals surface area contributed by atoms with Crippen LogP contribution < -0.4 is 0 Å². The van der Waals surface area contributed by atoms with Crippen molar-refractivity contribution in [3.05, 3.63) is 71.6 Å². The van der Waals surface area contributed by atoms with Gasteiger partial charge in [-0.05, 0) is 49.5 Å². The molecule has 0 amide bonds. The second-order valence-corrected chi connectivity index (χ2v) is 6.98. The van der Waals surface area contributed by atoms with Crippen molar-refractivity contribution >= 4 is 5.71 Å². The average molecular weight is 304 g/mol. The zero-order chi connectivity index (χ0) is 15.9. The molecule has 4 rings (SSSR count). The third-order valence-corrected chi connectivity index (χ3v) is 5.55. The molecule has 3 aliphatic rings. The minimum atomic E-state index is 0.0216. The number of rotatable bonds is 3. The number of hydrogen-bond donors (Lipinski definition) is 0. The van der Waals surface area contributed by atoms with Crippen LogP contribution in [-0.2, 0) is 6.42 Å². The quantitative estimate of drug-likeness (QED) is 0.809. The van der Waals surface area contributed by atoms with Crippen molar-refractivity contribution < 1.29 is 0 Å². The molecule has 2 unspecified atom stereocenters. The van der Waals surface area contributed by atoms with E-state index in [1.165, 1.54) is 23.4 Å². The first-order valence-corrected chi connectivity index (χ1v) is 8.66. The van der Waals surface area contributed by atoms with Crippen molar-refractivity contribution in [3.63, 3.8) is 0 Å². The van der Waals surface area contributed by atoms with Crippen LogP contribution in [0.15, 0.2) is 71.0 Å². The molecule has 2 heteroatoms. The first-order chi connectivity index (χ1) is 11.2. The summed E-state index contributed by atoms with van der Waals surface area (Å²) in [6.45, 7) is 6.74. The van der Waals surface area contributed by atoms with Crippen molar-refractivity contribution in [2.45, 2.75) is 26.7 Å². The van der Waals surface area contributed by atoms with Gasteiger partial charge in [0.2, 0.25) is 0 Å². The largest absolute Gasteiger partial charge is 0.373 e. The molecule has 1 fully saturated rings. The number of nitrogens with zero attached hydrogens (tertiary/aromatic N) is 2. The van der Waals surface area contributed by atoms with Crippen LogP contribution in [0.3, 0.4) is 0 Å². The van der Waals surface area contributed by atoms with E-state index in [1.54, 1.807) is 0 Å².